The van der Waals surface area contributed by atoms with E-state index in [1.807, 2.05) is 37.3 Å². The average molecular weight is 325 g/mol. The molecule has 5 nitrogen and oxygen atoms in total. The third-order valence-corrected chi connectivity index (χ3v) is 4.60. The molecule has 0 atom stereocenters. The van der Waals surface area contributed by atoms with E-state index in [1.54, 1.807) is 0 Å². The van der Waals surface area contributed by atoms with Crippen molar-refractivity contribution < 1.29 is 4.74 Å². The van der Waals surface area contributed by atoms with Gasteiger partial charge >= 0.3 is 116 Å². The van der Waals surface area contributed by atoms with Crippen LogP contribution >= 0.6 is 0 Å². The zero-order valence-corrected chi connectivity index (χ0v) is 12.2. The summed E-state index contributed by atoms with van der Waals surface area (Å²) >= 11 is -0.105. The molecule has 0 amide bonds. The van der Waals surface area contributed by atoms with Crippen LogP contribution in [0.3, 0.4) is 0 Å². The molecule has 0 fully saturated rings. The van der Waals surface area contributed by atoms with E-state index in [9.17, 15) is 9.59 Å². The van der Waals surface area contributed by atoms with Gasteiger partial charge in [-0.05, 0) is 0 Å². The molecule has 0 aliphatic rings. The third kappa shape index (κ3) is 3.67. The first-order valence-corrected chi connectivity index (χ1v) is 7.57. The van der Waals surface area contributed by atoms with E-state index in [2.05, 4.69) is 4.98 Å². The Balaban J connectivity index is 2.37. The standard InChI is InChI=1S/C13H14N2O3Se/c1-2-18-9-15-12(8-11(16)14-13(15)17)19-10-6-4-3-5-7-10/h3-8H,2,9H2,1H3,(H,14,16,17). The predicted molar refractivity (Wildman–Crippen MR) is 74.4 cm³/mol. The van der Waals surface area contributed by atoms with Crippen molar-refractivity contribution in [3.05, 3.63) is 57.2 Å². The normalized spacial score (nSPS) is 10.6. The molecule has 1 aromatic carbocycles. The summed E-state index contributed by atoms with van der Waals surface area (Å²) in [6.45, 7) is 2.54. The van der Waals surface area contributed by atoms with Crippen LogP contribution in [-0.4, -0.2) is 31.1 Å². The van der Waals surface area contributed by atoms with Crippen molar-refractivity contribution in [1.82, 2.24) is 9.55 Å². The summed E-state index contributed by atoms with van der Waals surface area (Å²) in [5, 5.41) is 0. The average Bonchev–Trinajstić information content (AvgIpc) is 2.39. The molecular weight excluding hydrogens is 311 g/mol. The van der Waals surface area contributed by atoms with Crippen LogP contribution < -0.4 is 20.3 Å². The molecule has 0 saturated carbocycles. The number of H-pyrrole nitrogens is 1. The molecule has 1 heterocycles. The molecule has 0 unspecified atom stereocenters. The Kier molecular flexibility index (Phi) is 4.74. The van der Waals surface area contributed by atoms with E-state index in [-0.39, 0.29) is 27.2 Å². The number of rotatable bonds is 5. The number of aromatic amines is 1. The second kappa shape index (κ2) is 6.52. The van der Waals surface area contributed by atoms with E-state index in [1.165, 1.54) is 10.6 Å². The Labute approximate surface area is 116 Å². The van der Waals surface area contributed by atoms with Crippen molar-refractivity contribution in [2.24, 2.45) is 0 Å². The van der Waals surface area contributed by atoms with Gasteiger partial charge in [0.05, 0.1) is 0 Å². The van der Waals surface area contributed by atoms with E-state index >= 15 is 0 Å². The summed E-state index contributed by atoms with van der Waals surface area (Å²) in [6, 6.07) is 11.2. The molecule has 2 aromatic rings. The minimum atomic E-state index is -0.422. The van der Waals surface area contributed by atoms with Gasteiger partial charge in [0, 0.05) is 0 Å². The van der Waals surface area contributed by atoms with Crippen molar-refractivity contribution in [1.29, 1.82) is 0 Å². The summed E-state index contributed by atoms with van der Waals surface area (Å²) < 4.78 is 8.55. The molecular formula is C13H14N2O3Se. The predicted octanol–water partition coefficient (Wildman–Crippen LogP) is -0.814. The Morgan fingerprint density at radius 3 is 2.68 bits per heavy atom. The van der Waals surface area contributed by atoms with Gasteiger partial charge in [-0.2, -0.15) is 0 Å². The molecule has 19 heavy (non-hydrogen) atoms. The summed E-state index contributed by atoms with van der Waals surface area (Å²) in [5.74, 6) is 0. The number of hydrogen-bond acceptors (Lipinski definition) is 3. The first-order valence-electron chi connectivity index (χ1n) is 5.85. The van der Waals surface area contributed by atoms with Crippen molar-refractivity contribution in [2.75, 3.05) is 6.61 Å². The van der Waals surface area contributed by atoms with Gasteiger partial charge in [0.15, 0.2) is 0 Å². The fourth-order valence-corrected chi connectivity index (χ4v) is 3.48. The Bertz CT molecular complexity index is 649. The molecule has 100 valence electrons. The Morgan fingerprint density at radius 2 is 2.00 bits per heavy atom. The molecule has 0 radical (unpaired) electrons. The van der Waals surface area contributed by atoms with Crippen LogP contribution in [0.1, 0.15) is 6.92 Å². The van der Waals surface area contributed by atoms with Crippen LogP contribution in [0.25, 0.3) is 0 Å². The Morgan fingerprint density at radius 1 is 1.26 bits per heavy atom. The van der Waals surface area contributed by atoms with E-state index in [4.69, 9.17) is 4.74 Å². The third-order valence-electron chi connectivity index (χ3n) is 2.39. The molecule has 6 heteroatoms. The number of hydrogen-bond donors (Lipinski definition) is 1. The number of nitrogens with one attached hydrogen (secondary N) is 1. The van der Waals surface area contributed by atoms with Gasteiger partial charge < -0.3 is 0 Å². The number of benzene rings is 1. The van der Waals surface area contributed by atoms with Gasteiger partial charge in [0.2, 0.25) is 0 Å². The molecule has 0 aliphatic heterocycles. The second-order valence-corrected chi connectivity index (χ2v) is 6.04. The number of aromatic nitrogens is 2. The molecule has 0 bridgehead atoms. The quantitative estimate of drug-likeness (QED) is 0.731. The molecule has 2 rings (SSSR count). The van der Waals surface area contributed by atoms with E-state index in [0.717, 1.165) is 4.46 Å². The fraction of sp³-hybridized carbons (Fsp3) is 0.231. The zero-order valence-electron chi connectivity index (χ0n) is 10.5. The van der Waals surface area contributed by atoms with Gasteiger partial charge in [-0.15, -0.1) is 0 Å². The van der Waals surface area contributed by atoms with Crippen LogP contribution in [0, 0.1) is 0 Å². The second-order valence-electron chi connectivity index (χ2n) is 3.74. The maximum absolute atomic E-state index is 11.8. The monoisotopic (exact) mass is 326 g/mol. The molecule has 1 aromatic heterocycles. The van der Waals surface area contributed by atoms with Gasteiger partial charge in [0.1, 0.15) is 0 Å². The summed E-state index contributed by atoms with van der Waals surface area (Å²) in [7, 11) is 0. The van der Waals surface area contributed by atoms with Gasteiger partial charge in [-0.3, -0.25) is 0 Å². The van der Waals surface area contributed by atoms with Crippen LogP contribution in [0.15, 0.2) is 46.0 Å². The molecule has 0 saturated heterocycles. The van der Waals surface area contributed by atoms with Crippen LogP contribution in [0.5, 0.6) is 0 Å². The molecule has 1 N–H and O–H groups in total. The summed E-state index contributed by atoms with van der Waals surface area (Å²) in [4.78, 5) is 25.5. The number of nitrogens with zero attached hydrogens (tertiary/aromatic N) is 1. The van der Waals surface area contributed by atoms with Gasteiger partial charge in [-0.25, -0.2) is 0 Å². The van der Waals surface area contributed by atoms with Gasteiger partial charge in [0.25, 0.3) is 0 Å². The van der Waals surface area contributed by atoms with Crippen LogP contribution in [-0.2, 0) is 11.5 Å². The van der Waals surface area contributed by atoms with E-state index in [0.29, 0.717) is 11.2 Å². The summed E-state index contributed by atoms with van der Waals surface area (Å²) in [5.41, 5.74) is -0.792. The maximum atomic E-state index is 11.8. The zero-order chi connectivity index (χ0) is 13.7. The minimum absolute atomic E-state index is 0.105. The molecule has 0 aliphatic carbocycles. The van der Waals surface area contributed by atoms with E-state index < -0.39 is 5.69 Å². The van der Waals surface area contributed by atoms with Crippen molar-refractivity contribution in [3.63, 3.8) is 0 Å². The Hall–Kier alpha value is -1.62. The van der Waals surface area contributed by atoms with Crippen molar-refractivity contribution in [3.8, 4) is 0 Å². The van der Waals surface area contributed by atoms with Gasteiger partial charge in [-0.1, -0.05) is 0 Å². The topological polar surface area (TPSA) is 64.1 Å². The van der Waals surface area contributed by atoms with Crippen LogP contribution in [0.2, 0.25) is 0 Å². The van der Waals surface area contributed by atoms with Crippen LogP contribution in [0.4, 0.5) is 0 Å². The van der Waals surface area contributed by atoms with Crippen molar-refractivity contribution in [2.45, 2.75) is 13.7 Å². The molecule has 0 spiro atoms. The SMILES string of the molecule is CCOCn1c([Se]c2ccccc2)cc(=O)[nH]c1=O. The summed E-state index contributed by atoms with van der Waals surface area (Å²) in [6.07, 6.45) is 0. The number of ether oxygens (including phenoxy) is 1. The van der Waals surface area contributed by atoms with Crippen molar-refractivity contribution >= 4 is 24.0 Å². The fourth-order valence-electron chi connectivity index (χ4n) is 1.50. The first-order chi connectivity index (χ1) is 9.20. The first kappa shape index (κ1) is 13.8.